The van der Waals surface area contributed by atoms with Crippen molar-refractivity contribution in [3.8, 4) is 0 Å². The molecule has 1 amide bonds. The van der Waals surface area contributed by atoms with E-state index in [4.69, 9.17) is 5.73 Å². The maximum Gasteiger partial charge on any atom is 0.224 e. The van der Waals surface area contributed by atoms with Crippen LogP contribution in [0.25, 0.3) is 10.9 Å². The number of hydrogen-bond acceptors (Lipinski definition) is 4. The molecule has 1 saturated heterocycles. The monoisotopic (exact) mass is 330 g/mol. The molecule has 1 aromatic heterocycles. The number of pyridine rings is 1. The molecule has 1 aliphatic rings. The number of hydrogen-bond donors (Lipinski definition) is 2. The number of piperidine rings is 1. The zero-order valence-electron chi connectivity index (χ0n) is 13.7. The van der Waals surface area contributed by atoms with Gasteiger partial charge in [0.05, 0.1) is 11.4 Å². The quantitative estimate of drug-likeness (QED) is 0.875. The predicted octanol–water partition coefficient (Wildman–Crippen LogP) is 1.66. The van der Waals surface area contributed by atoms with E-state index in [0.717, 1.165) is 24.9 Å². The predicted molar refractivity (Wildman–Crippen MR) is 91.8 cm³/mol. The van der Waals surface area contributed by atoms with Crippen LogP contribution in [0.15, 0.2) is 30.5 Å². The van der Waals surface area contributed by atoms with Gasteiger partial charge < -0.3 is 11.1 Å². The highest BCUT2D eigenvalue weighted by Crippen LogP contribution is 2.24. The minimum Gasteiger partial charge on any atom is -0.355 e. The van der Waals surface area contributed by atoms with Crippen LogP contribution in [0.3, 0.4) is 0 Å². The second-order valence-corrected chi connectivity index (χ2v) is 6.26. The van der Waals surface area contributed by atoms with Crippen LogP contribution in [0.4, 0.5) is 4.39 Å². The number of amides is 1. The Balaban J connectivity index is 1.72. The third-order valence-corrected chi connectivity index (χ3v) is 4.51. The molecule has 1 aliphatic heterocycles. The van der Waals surface area contributed by atoms with Crippen molar-refractivity contribution in [3.63, 3.8) is 0 Å². The van der Waals surface area contributed by atoms with E-state index >= 15 is 0 Å². The maximum atomic E-state index is 13.9. The second kappa shape index (κ2) is 7.68. The SMILES string of the molecule is NCCNC(=O)C1CCCN(Cc2ccc(F)c3cccnc23)C1. The topological polar surface area (TPSA) is 71.2 Å². The zero-order chi connectivity index (χ0) is 16.9. The lowest BCUT2D eigenvalue weighted by Crippen LogP contribution is -2.43. The van der Waals surface area contributed by atoms with Gasteiger partial charge in [-0.05, 0) is 43.1 Å². The first-order valence-electron chi connectivity index (χ1n) is 8.41. The third-order valence-electron chi connectivity index (χ3n) is 4.51. The van der Waals surface area contributed by atoms with Crippen molar-refractivity contribution >= 4 is 16.8 Å². The fraction of sp³-hybridized carbons (Fsp3) is 0.444. The summed E-state index contributed by atoms with van der Waals surface area (Å²) < 4.78 is 13.9. The summed E-state index contributed by atoms with van der Waals surface area (Å²) >= 11 is 0. The normalized spacial score (nSPS) is 18.7. The van der Waals surface area contributed by atoms with Gasteiger partial charge in [-0.15, -0.1) is 0 Å². The fourth-order valence-electron chi connectivity index (χ4n) is 3.32. The third kappa shape index (κ3) is 3.71. The summed E-state index contributed by atoms with van der Waals surface area (Å²) in [5, 5.41) is 3.42. The Morgan fingerprint density at radius 1 is 1.42 bits per heavy atom. The number of benzene rings is 1. The largest absolute Gasteiger partial charge is 0.355 e. The lowest BCUT2D eigenvalue weighted by Gasteiger charge is -2.32. The summed E-state index contributed by atoms with van der Waals surface area (Å²) in [4.78, 5) is 18.7. The van der Waals surface area contributed by atoms with Crippen LogP contribution in [0, 0.1) is 11.7 Å². The van der Waals surface area contributed by atoms with E-state index in [0.29, 0.717) is 37.1 Å². The molecule has 5 nitrogen and oxygen atoms in total. The molecule has 24 heavy (non-hydrogen) atoms. The highest BCUT2D eigenvalue weighted by Gasteiger charge is 2.25. The maximum absolute atomic E-state index is 13.9. The van der Waals surface area contributed by atoms with Crippen LogP contribution in [0.1, 0.15) is 18.4 Å². The fourth-order valence-corrected chi connectivity index (χ4v) is 3.32. The van der Waals surface area contributed by atoms with Crippen molar-refractivity contribution in [2.75, 3.05) is 26.2 Å². The molecular weight excluding hydrogens is 307 g/mol. The van der Waals surface area contributed by atoms with Gasteiger partial charge >= 0.3 is 0 Å². The number of rotatable bonds is 5. The molecule has 2 heterocycles. The molecule has 1 unspecified atom stereocenters. The molecule has 0 saturated carbocycles. The van der Waals surface area contributed by atoms with Crippen molar-refractivity contribution in [1.82, 2.24) is 15.2 Å². The standard InChI is InChI=1S/C18H23FN4O/c19-16-6-5-13(17-15(16)4-1-8-21-17)11-23-10-2-3-14(12-23)18(24)22-9-7-20/h1,4-6,8,14H,2-3,7,9-12,20H2,(H,22,24). The smallest absolute Gasteiger partial charge is 0.224 e. The van der Waals surface area contributed by atoms with Gasteiger partial charge in [0, 0.05) is 37.8 Å². The van der Waals surface area contributed by atoms with Gasteiger partial charge in [0.1, 0.15) is 5.82 Å². The number of likely N-dealkylation sites (tertiary alicyclic amines) is 1. The van der Waals surface area contributed by atoms with Crippen LogP contribution in [-0.4, -0.2) is 42.0 Å². The zero-order valence-corrected chi connectivity index (χ0v) is 13.7. The highest BCUT2D eigenvalue weighted by atomic mass is 19.1. The van der Waals surface area contributed by atoms with Crippen LogP contribution < -0.4 is 11.1 Å². The Hall–Kier alpha value is -2.05. The molecule has 1 aromatic carbocycles. The molecule has 1 atom stereocenters. The molecule has 0 radical (unpaired) electrons. The summed E-state index contributed by atoms with van der Waals surface area (Å²) in [6.07, 6.45) is 3.56. The molecule has 1 fully saturated rings. The Bertz CT molecular complexity index is 721. The first kappa shape index (κ1) is 16.8. The summed E-state index contributed by atoms with van der Waals surface area (Å²) in [5.41, 5.74) is 7.13. The van der Waals surface area contributed by atoms with Crippen molar-refractivity contribution in [2.24, 2.45) is 11.7 Å². The van der Waals surface area contributed by atoms with Gasteiger partial charge in [-0.3, -0.25) is 14.7 Å². The first-order valence-corrected chi connectivity index (χ1v) is 8.41. The molecule has 2 aromatic rings. The molecule has 3 N–H and O–H groups in total. The number of carbonyl (C=O) groups excluding carboxylic acids is 1. The molecule has 128 valence electrons. The first-order chi connectivity index (χ1) is 11.7. The van der Waals surface area contributed by atoms with Crippen molar-refractivity contribution in [2.45, 2.75) is 19.4 Å². The van der Waals surface area contributed by atoms with E-state index in [-0.39, 0.29) is 17.6 Å². The minimum absolute atomic E-state index is 0.00929. The number of nitrogens with two attached hydrogens (primary N) is 1. The Kier molecular flexibility index (Phi) is 5.37. The molecule has 0 bridgehead atoms. The lowest BCUT2D eigenvalue weighted by atomic mass is 9.96. The van der Waals surface area contributed by atoms with E-state index in [1.807, 2.05) is 0 Å². The molecular formula is C18H23FN4O. The van der Waals surface area contributed by atoms with Crippen LogP contribution >= 0.6 is 0 Å². The van der Waals surface area contributed by atoms with Crippen molar-refractivity contribution in [3.05, 3.63) is 41.8 Å². The Morgan fingerprint density at radius 2 is 2.29 bits per heavy atom. The van der Waals surface area contributed by atoms with Gasteiger partial charge in [0.15, 0.2) is 0 Å². The van der Waals surface area contributed by atoms with Gasteiger partial charge in [0.2, 0.25) is 5.91 Å². The van der Waals surface area contributed by atoms with Gasteiger partial charge in [-0.25, -0.2) is 4.39 Å². The number of fused-ring (bicyclic) bond motifs is 1. The van der Waals surface area contributed by atoms with Gasteiger partial charge in [0.25, 0.3) is 0 Å². The highest BCUT2D eigenvalue weighted by molar-refractivity contribution is 5.82. The molecule has 0 aliphatic carbocycles. The average molecular weight is 330 g/mol. The summed E-state index contributed by atoms with van der Waals surface area (Å²) in [6, 6.07) is 6.78. The van der Waals surface area contributed by atoms with Gasteiger partial charge in [-0.1, -0.05) is 6.07 Å². The molecule has 0 spiro atoms. The van der Waals surface area contributed by atoms with E-state index < -0.39 is 0 Å². The van der Waals surface area contributed by atoms with Crippen LogP contribution in [0.5, 0.6) is 0 Å². The van der Waals surface area contributed by atoms with E-state index in [9.17, 15) is 9.18 Å². The van der Waals surface area contributed by atoms with Crippen LogP contribution in [-0.2, 0) is 11.3 Å². The average Bonchev–Trinajstić information content (AvgIpc) is 2.62. The Labute approximate surface area is 141 Å². The van der Waals surface area contributed by atoms with E-state index in [1.165, 1.54) is 6.07 Å². The molecule has 6 heteroatoms. The number of nitrogens with one attached hydrogen (secondary N) is 1. The lowest BCUT2D eigenvalue weighted by molar-refractivity contribution is -0.126. The minimum atomic E-state index is -0.250. The van der Waals surface area contributed by atoms with Crippen molar-refractivity contribution in [1.29, 1.82) is 0 Å². The van der Waals surface area contributed by atoms with Gasteiger partial charge in [-0.2, -0.15) is 0 Å². The second-order valence-electron chi connectivity index (χ2n) is 6.26. The number of aromatic nitrogens is 1. The number of halogens is 1. The van der Waals surface area contributed by atoms with E-state index in [2.05, 4.69) is 15.2 Å². The van der Waals surface area contributed by atoms with E-state index in [1.54, 1.807) is 24.4 Å². The van der Waals surface area contributed by atoms with Crippen molar-refractivity contribution < 1.29 is 9.18 Å². The number of carbonyl (C=O) groups is 1. The summed E-state index contributed by atoms with van der Waals surface area (Å²) in [7, 11) is 0. The molecule has 3 rings (SSSR count). The summed E-state index contributed by atoms with van der Waals surface area (Å²) in [6.45, 7) is 3.29. The van der Waals surface area contributed by atoms with Crippen LogP contribution in [0.2, 0.25) is 0 Å². The Morgan fingerprint density at radius 3 is 3.12 bits per heavy atom. The summed E-state index contributed by atoms with van der Waals surface area (Å²) in [5.74, 6) is -0.184. The number of nitrogens with zero attached hydrogens (tertiary/aromatic N) is 2.